The molecule has 10 aromatic rings. The zero-order chi connectivity index (χ0) is 71.3. The van der Waals surface area contributed by atoms with Crippen LogP contribution >= 0.6 is 0 Å². The van der Waals surface area contributed by atoms with Crippen molar-refractivity contribution in [1.29, 1.82) is 0 Å². The second-order valence-corrected chi connectivity index (χ2v) is 25.5. The number of likely N-dealkylation sites (N-methyl/N-ethyl adjacent to an activating group) is 4. The number of hydrogen-bond acceptors (Lipinski definition) is 12. The third-order valence-electron chi connectivity index (χ3n) is 16.9. The fraction of sp³-hybridized carbons (Fsp3) is 0.262. The first-order valence-electron chi connectivity index (χ1n) is 33.7. The minimum Gasteiger partial charge on any atom is -0.872 e. The van der Waals surface area contributed by atoms with Crippen molar-refractivity contribution in [1.82, 2.24) is 19.6 Å². The summed E-state index contributed by atoms with van der Waals surface area (Å²) >= 11 is 0. The average molecular weight is 1480 g/mol. The largest absolute Gasteiger partial charge is 2.00 e. The van der Waals surface area contributed by atoms with E-state index in [1.54, 1.807) is 0 Å². The van der Waals surface area contributed by atoms with E-state index in [1.165, 1.54) is 71.4 Å². The van der Waals surface area contributed by atoms with Crippen molar-refractivity contribution in [2.24, 2.45) is 0 Å². The molecule has 0 aliphatic carbocycles. The van der Waals surface area contributed by atoms with Gasteiger partial charge in [-0.05, 0) is 92.0 Å². The number of aliphatic hydroxyl groups excluding tert-OH is 4. The Morgan fingerprint density at radius 1 is 0.304 bits per heavy atom. The van der Waals surface area contributed by atoms with Gasteiger partial charge in [-0.3, -0.25) is 19.6 Å². The molecule has 0 aromatic heterocycles. The number of hydrogen-bond donors (Lipinski definition) is 4. The van der Waals surface area contributed by atoms with Gasteiger partial charge in [0.25, 0.3) is 0 Å². The smallest absolute Gasteiger partial charge is 0.872 e. The number of carbonyl (C=O) groups excluding carboxylic acids is 2. The van der Waals surface area contributed by atoms with Gasteiger partial charge >= 0.3 is 39.0 Å². The van der Waals surface area contributed by atoms with Crippen LogP contribution in [0.15, 0.2) is 267 Å². The quantitative estimate of drug-likeness (QED) is 0.0550. The minimum atomic E-state index is -1.22. The predicted octanol–water partition coefficient (Wildman–Crippen LogP) is 5.50. The first-order chi connectivity index (χ1) is 47.3. The number of benzene rings is 10. The summed E-state index contributed by atoms with van der Waals surface area (Å²) in [6.07, 6.45) is -2.43. The van der Waals surface area contributed by atoms with E-state index in [0.717, 1.165) is 33.4 Å². The maximum Gasteiger partial charge on any atom is 2.00 e. The van der Waals surface area contributed by atoms with Gasteiger partial charge in [0.2, 0.25) is 0 Å². The molecule has 0 bridgehead atoms. The number of ketones is 2. The van der Waals surface area contributed by atoms with Crippen molar-refractivity contribution in [3.05, 3.63) is 300 Å². The number of aliphatic hydroxyl groups is 4. The zero-order valence-electron chi connectivity index (χ0n) is 61.7. The second-order valence-electron chi connectivity index (χ2n) is 25.5. The average Bonchev–Trinajstić information content (AvgIpc) is 0.746. The summed E-state index contributed by atoms with van der Waals surface area (Å²) in [5.41, 5.74) is 15.9. The first kappa shape index (κ1) is 92.1. The number of aryl methyl sites for hydroxylation is 2. The Morgan fingerprint density at radius 2 is 0.431 bits per heavy atom. The van der Waals surface area contributed by atoms with E-state index in [4.69, 9.17) is 20.4 Å². The van der Waals surface area contributed by atoms with Crippen molar-refractivity contribution in [2.45, 2.75) is 67.7 Å². The van der Waals surface area contributed by atoms with E-state index >= 15 is 0 Å². The molecule has 0 aliphatic heterocycles. The predicted molar refractivity (Wildman–Crippen MR) is 415 cm³/mol. The Labute approximate surface area is 633 Å². The Hall–Kier alpha value is -7.88. The molecule has 0 unspecified atom stereocenters. The van der Waals surface area contributed by atoms with Crippen LogP contribution < -0.4 is 53.9 Å². The molecule has 0 aliphatic rings. The Bertz CT molecular complexity index is 3210. The van der Waals surface area contributed by atoms with Crippen LogP contribution in [0, 0.1) is 13.8 Å². The van der Waals surface area contributed by atoms with Gasteiger partial charge in [-0.25, -0.2) is 0 Å². The SMILES string of the molecule is CC(C)=O.CC(C)=O.Cc1cc(CN(C)CCO)c([O-])c(CN(C)CCO)c1.Cc1cc(CN(C)CCO)c([O-])c(CN(C)CCO)c1.O.O.[Zn+2].[Zn+2].c1ccc([B-](c2ccccc2)(c2ccccc2)c2ccccc2)cc1.c1ccc([B-](c2ccccc2)(c2ccccc2)c2ccccc2)cc1. The molecular formula is C84H106B2N4O10Zn2. The van der Waals surface area contributed by atoms with E-state index in [9.17, 15) is 19.8 Å². The van der Waals surface area contributed by atoms with Gasteiger partial charge in [0.1, 0.15) is 23.9 Å². The molecule has 0 saturated heterocycles. The molecule has 0 amide bonds. The standard InChI is InChI=1S/2C24H20B.2C15H26N2O3.2C3H6O.2H2O.2Zn/c2*1-5-13-21(14-6-1)25(22-15-7-2-8-16-22,23-17-9-3-10-18-23)24-19-11-4-12-20-24;2*1-12-8-13(10-16(2)4-6-18)15(20)14(9-12)11-17(3)5-7-19;2*1-3(2)4;;;;/h2*1-20H;2*8-9,18-20H,4-7,10-11H2,1-3H3;2*1-2H3;2*1H2;;/q2*-1;;;;;;;2*+2/p-2. The van der Waals surface area contributed by atoms with Crippen molar-refractivity contribution in [2.75, 3.05) is 80.8 Å². The molecule has 10 aromatic carbocycles. The summed E-state index contributed by atoms with van der Waals surface area (Å²) in [6, 6.07) is 94.7. The van der Waals surface area contributed by atoms with E-state index < -0.39 is 12.3 Å². The molecule has 102 heavy (non-hydrogen) atoms. The van der Waals surface area contributed by atoms with E-state index in [1.807, 2.05) is 85.9 Å². The molecule has 10 rings (SSSR count). The van der Waals surface area contributed by atoms with Gasteiger partial charge in [-0.2, -0.15) is 43.7 Å². The van der Waals surface area contributed by atoms with Gasteiger partial charge in [0.05, 0.1) is 26.4 Å². The van der Waals surface area contributed by atoms with Crippen LogP contribution in [0.3, 0.4) is 0 Å². The summed E-state index contributed by atoms with van der Waals surface area (Å²) < 4.78 is 0. The zero-order valence-corrected chi connectivity index (χ0v) is 67.6. The number of Topliss-reactive ketones (excluding diaryl/α,β-unsaturated/α-hetero) is 2. The molecule has 532 valence electrons. The van der Waals surface area contributed by atoms with Crippen LogP contribution in [0.4, 0.5) is 0 Å². The van der Waals surface area contributed by atoms with Crippen molar-refractivity contribution in [3.8, 4) is 11.5 Å². The summed E-state index contributed by atoms with van der Waals surface area (Å²) in [4.78, 5) is 26.6. The van der Waals surface area contributed by atoms with Crippen molar-refractivity contribution in [3.63, 3.8) is 0 Å². The van der Waals surface area contributed by atoms with Crippen LogP contribution in [0.25, 0.3) is 0 Å². The summed E-state index contributed by atoms with van der Waals surface area (Å²) in [7, 11) is 7.54. The monoisotopic (exact) mass is 1480 g/mol. The van der Waals surface area contributed by atoms with Gasteiger partial charge in [-0.1, -0.05) is 290 Å². The van der Waals surface area contributed by atoms with Crippen molar-refractivity contribution < 1.29 is 90.1 Å². The fourth-order valence-corrected chi connectivity index (χ4v) is 12.7. The van der Waals surface area contributed by atoms with E-state index in [-0.39, 0.29) is 99.4 Å². The maximum atomic E-state index is 12.4. The molecule has 14 nitrogen and oxygen atoms in total. The second kappa shape index (κ2) is 49.7. The molecule has 0 atom stereocenters. The Morgan fingerprint density at radius 3 is 0.549 bits per heavy atom. The van der Waals surface area contributed by atoms with Crippen LogP contribution in [0.5, 0.6) is 11.5 Å². The van der Waals surface area contributed by atoms with Gasteiger partial charge < -0.3 is 51.2 Å². The number of rotatable bonds is 24. The van der Waals surface area contributed by atoms with Gasteiger partial charge in [0.15, 0.2) is 0 Å². The molecule has 0 radical (unpaired) electrons. The topological polar surface area (TPSA) is 237 Å². The molecule has 8 N–H and O–H groups in total. The fourth-order valence-electron chi connectivity index (χ4n) is 12.7. The molecule has 0 spiro atoms. The minimum absolute atomic E-state index is 0. The van der Waals surface area contributed by atoms with Crippen LogP contribution in [0.1, 0.15) is 61.1 Å². The van der Waals surface area contributed by atoms with Crippen molar-refractivity contribution >= 4 is 67.6 Å². The van der Waals surface area contributed by atoms with Gasteiger partial charge in [-0.15, -0.1) is 0 Å². The summed E-state index contributed by atoms with van der Waals surface area (Å²) in [5.74, 6) is 0.454. The number of nitrogens with zero attached hydrogens (tertiary/aromatic N) is 4. The Kier molecular flexibility index (Phi) is 44.9. The normalized spacial score (nSPS) is 10.5. The van der Waals surface area contributed by atoms with Crippen LogP contribution in [-0.2, 0) is 74.7 Å². The molecule has 18 heteroatoms. The van der Waals surface area contributed by atoms with Crippen LogP contribution in [-0.4, -0.2) is 156 Å². The maximum absolute atomic E-state index is 12.4. The number of carbonyl (C=O) groups is 2. The third-order valence-corrected chi connectivity index (χ3v) is 16.9. The van der Waals surface area contributed by atoms with Crippen LogP contribution in [0.2, 0.25) is 0 Å². The van der Waals surface area contributed by atoms with Gasteiger partial charge in [0, 0.05) is 52.4 Å². The summed E-state index contributed by atoms with van der Waals surface area (Å²) in [5, 5.41) is 60.5. The molecule has 0 heterocycles. The first-order valence-corrected chi connectivity index (χ1v) is 33.7. The third kappa shape index (κ3) is 28.4. The summed E-state index contributed by atoms with van der Waals surface area (Å²) in [6.45, 7) is 14.8. The molecule has 0 fully saturated rings. The van der Waals surface area contributed by atoms with E-state index in [0.29, 0.717) is 52.4 Å². The Balaban J connectivity index is 0.000000651. The van der Waals surface area contributed by atoms with E-state index in [2.05, 4.69) is 243 Å². The molecule has 0 saturated carbocycles. The molecular weight excluding hydrogens is 1380 g/mol.